The summed E-state index contributed by atoms with van der Waals surface area (Å²) in [5, 5.41) is 0.174. The molecule has 62 valence electrons. The molecule has 0 bridgehead atoms. The van der Waals surface area contributed by atoms with E-state index in [2.05, 4.69) is 0 Å². The molecule has 12 heavy (non-hydrogen) atoms. The van der Waals surface area contributed by atoms with Crippen molar-refractivity contribution in [3.8, 4) is 5.75 Å². The van der Waals surface area contributed by atoms with Crippen LogP contribution in [-0.4, -0.2) is 12.2 Å². The first-order chi connectivity index (χ1) is 5.81. The van der Waals surface area contributed by atoms with Crippen LogP contribution in [0.1, 0.15) is 15.9 Å². The molecule has 0 aromatic heterocycles. The van der Waals surface area contributed by atoms with Crippen molar-refractivity contribution in [1.82, 2.24) is 0 Å². The number of thioether (sulfide) groups is 1. The van der Waals surface area contributed by atoms with Gasteiger partial charge in [-0.3, -0.25) is 4.79 Å². The van der Waals surface area contributed by atoms with Crippen LogP contribution in [0.5, 0.6) is 5.75 Å². The van der Waals surface area contributed by atoms with Gasteiger partial charge in [0.25, 0.3) is 0 Å². The number of carbonyl (C=O) groups excluding carboxylic acids is 1. The highest BCUT2D eigenvalue weighted by Crippen LogP contribution is 2.31. The van der Waals surface area contributed by atoms with Gasteiger partial charge in [0.05, 0.1) is 7.11 Å². The molecule has 1 aliphatic heterocycles. The molecular weight excluding hydrogens is 172 g/mol. The number of hydrogen-bond donors (Lipinski definition) is 0. The van der Waals surface area contributed by atoms with Crippen LogP contribution >= 0.6 is 11.8 Å². The van der Waals surface area contributed by atoms with Gasteiger partial charge in [-0.25, -0.2) is 0 Å². The molecule has 1 aromatic carbocycles. The normalized spacial score (nSPS) is 14.6. The third-order valence-corrected chi connectivity index (χ3v) is 2.83. The highest BCUT2D eigenvalue weighted by molar-refractivity contribution is 8.13. The highest BCUT2D eigenvalue weighted by atomic mass is 32.2. The SMILES string of the molecule is COc1ccc2c(c1)CSC2=O. The molecular formula is C9H8O2S. The van der Waals surface area contributed by atoms with E-state index in [0.29, 0.717) is 0 Å². The Morgan fingerprint density at radius 1 is 1.50 bits per heavy atom. The molecule has 0 N–H and O–H groups in total. The summed E-state index contributed by atoms with van der Waals surface area (Å²) in [5.41, 5.74) is 1.92. The number of fused-ring (bicyclic) bond motifs is 1. The maximum atomic E-state index is 11.2. The molecule has 0 unspecified atom stereocenters. The molecule has 2 nitrogen and oxygen atoms in total. The van der Waals surface area contributed by atoms with E-state index < -0.39 is 0 Å². The summed E-state index contributed by atoms with van der Waals surface area (Å²) in [4.78, 5) is 11.2. The molecule has 1 aromatic rings. The fourth-order valence-electron chi connectivity index (χ4n) is 1.24. The minimum Gasteiger partial charge on any atom is -0.497 e. The average molecular weight is 180 g/mol. The van der Waals surface area contributed by atoms with Gasteiger partial charge in [0.15, 0.2) is 0 Å². The summed E-state index contributed by atoms with van der Waals surface area (Å²) in [6.45, 7) is 0. The topological polar surface area (TPSA) is 26.3 Å². The van der Waals surface area contributed by atoms with E-state index in [9.17, 15) is 4.79 Å². The summed E-state index contributed by atoms with van der Waals surface area (Å²) in [5.74, 6) is 1.61. The Kier molecular flexibility index (Phi) is 1.81. The fourth-order valence-corrected chi connectivity index (χ4v) is 2.12. The average Bonchev–Trinajstić information content (AvgIpc) is 2.47. The Morgan fingerprint density at radius 2 is 2.33 bits per heavy atom. The molecule has 0 fully saturated rings. The molecule has 0 saturated carbocycles. The number of rotatable bonds is 1. The predicted molar refractivity (Wildman–Crippen MR) is 48.6 cm³/mol. The molecule has 1 aliphatic rings. The van der Waals surface area contributed by atoms with Gasteiger partial charge in [-0.05, 0) is 23.8 Å². The largest absolute Gasteiger partial charge is 0.497 e. The molecule has 0 radical (unpaired) electrons. The lowest BCUT2D eigenvalue weighted by Crippen LogP contribution is -1.89. The lowest BCUT2D eigenvalue weighted by molar-refractivity contribution is 0.109. The molecule has 0 spiro atoms. The molecule has 3 heteroatoms. The van der Waals surface area contributed by atoms with Crippen LogP contribution in [0.3, 0.4) is 0 Å². The minimum absolute atomic E-state index is 0.174. The summed E-state index contributed by atoms with van der Waals surface area (Å²) < 4.78 is 5.05. The van der Waals surface area contributed by atoms with E-state index in [1.807, 2.05) is 18.2 Å². The zero-order chi connectivity index (χ0) is 8.55. The maximum absolute atomic E-state index is 11.2. The van der Waals surface area contributed by atoms with Crippen molar-refractivity contribution in [1.29, 1.82) is 0 Å². The van der Waals surface area contributed by atoms with Gasteiger partial charge < -0.3 is 4.74 Å². The Morgan fingerprint density at radius 3 is 3.08 bits per heavy atom. The third kappa shape index (κ3) is 1.10. The Balaban J connectivity index is 2.48. The van der Waals surface area contributed by atoms with E-state index in [1.165, 1.54) is 11.8 Å². The number of methoxy groups -OCH3 is 1. The summed E-state index contributed by atoms with van der Waals surface area (Å²) >= 11 is 1.35. The highest BCUT2D eigenvalue weighted by Gasteiger charge is 2.19. The lowest BCUT2D eigenvalue weighted by atomic mass is 10.1. The molecule has 0 atom stereocenters. The van der Waals surface area contributed by atoms with E-state index in [0.717, 1.165) is 22.6 Å². The number of benzene rings is 1. The second kappa shape index (κ2) is 2.83. The molecule has 1 heterocycles. The van der Waals surface area contributed by atoms with Gasteiger partial charge in [0.1, 0.15) is 5.75 Å². The van der Waals surface area contributed by atoms with Crippen LogP contribution in [0.4, 0.5) is 0 Å². The predicted octanol–water partition coefficient (Wildman–Crippen LogP) is 2.08. The van der Waals surface area contributed by atoms with Crippen LogP contribution in [0.2, 0.25) is 0 Å². The van der Waals surface area contributed by atoms with Crippen LogP contribution in [0, 0.1) is 0 Å². The van der Waals surface area contributed by atoms with Gasteiger partial charge in [-0.1, -0.05) is 11.8 Å². The van der Waals surface area contributed by atoms with Crippen LogP contribution in [0.25, 0.3) is 0 Å². The summed E-state index contributed by atoms with van der Waals surface area (Å²) in [6, 6.07) is 5.58. The second-order valence-electron chi connectivity index (χ2n) is 2.60. The van der Waals surface area contributed by atoms with E-state index in [-0.39, 0.29) is 5.12 Å². The zero-order valence-corrected chi connectivity index (χ0v) is 7.48. The van der Waals surface area contributed by atoms with Crippen molar-refractivity contribution < 1.29 is 9.53 Å². The van der Waals surface area contributed by atoms with Crippen LogP contribution in [0.15, 0.2) is 18.2 Å². The standard InChI is InChI=1S/C9H8O2S/c1-11-7-2-3-8-6(4-7)5-12-9(8)10/h2-4H,5H2,1H3. The Bertz CT molecular complexity index is 333. The summed E-state index contributed by atoms with van der Waals surface area (Å²) in [6.07, 6.45) is 0. The second-order valence-corrected chi connectivity index (χ2v) is 3.55. The first-order valence-electron chi connectivity index (χ1n) is 3.65. The molecule has 0 amide bonds. The third-order valence-electron chi connectivity index (χ3n) is 1.89. The first-order valence-corrected chi connectivity index (χ1v) is 4.64. The maximum Gasteiger partial charge on any atom is 0.219 e. The monoisotopic (exact) mass is 180 g/mol. The van der Waals surface area contributed by atoms with E-state index >= 15 is 0 Å². The first kappa shape index (κ1) is 7.68. The lowest BCUT2D eigenvalue weighted by Gasteiger charge is -2.00. The number of ether oxygens (including phenoxy) is 1. The van der Waals surface area contributed by atoms with Gasteiger partial charge in [0, 0.05) is 11.3 Å². The number of carbonyl (C=O) groups is 1. The summed E-state index contributed by atoms with van der Waals surface area (Å²) in [7, 11) is 1.63. The molecule has 0 aliphatic carbocycles. The minimum atomic E-state index is 0.174. The van der Waals surface area contributed by atoms with Gasteiger partial charge >= 0.3 is 0 Å². The van der Waals surface area contributed by atoms with Gasteiger partial charge in [-0.15, -0.1) is 0 Å². The van der Waals surface area contributed by atoms with Gasteiger partial charge in [0.2, 0.25) is 5.12 Å². The van der Waals surface area contributed by atoms with Crippen LogP contribution in [-0.2, 0) is 5.75 Å². The van der Waals surface area contributed by atoms with Crippen molar-refractivity contribution in [3.05, 3.63) is 29.3 Å². The fraction of sp³-hybridized carbons (Fsp3) is 0.222. The smallest absolute Gasteiger partial charge is 0.219 e. The zero-order valence-electron chi connectivity index (χ0n) is 6.66. The van der Waals surface area contributed by atoms with Crippen molar-refractivity contribution >= 4 is 16.9 Å². The van der Waals surface area contributed by atoms with E-state index in [4.69, 9.17) is 4.74 Å². The van der Waals surface area contributed by atoms with Crippen molar-refractivity contribution in [2.75, 3.05) is 7.11 Å². The quantitative estimate of drug-likeness (QED) is 0.662. The van der Waals surface area contributed by atoms with Gasteiger partial charge in [-0.2, -0.15) is 0 Å². The van der Waals surface area contributed by atoms with Crippen molar-refractivity contribution in [2.24, 2.45) is 0 Å². The Hall–Kier alpha value is -0.960. The Labute approximate surface area is 74.9 Å². The van der Waals surface area contributed by atoms with E-state index in [1.54, 1.807) is 7.11 Å². The molecule has 2 rings (SSSR count). The molecule has 0 saturated heterocycles. The van der Waals surface area contributed by atoms with Crippen molar-refractivity contribution in [3.63, 3.8) is 0 Å². The van der Waals surface area contributed by atoms with Crippen molar-refractivity contribution in [2.45, 2.75) is 5.75 Å². The number of hydrogen-bond acceptors (Lipinski definition) is 3. The van der Waals surface area contributed by atoms with Crippen LogP contribution < -0.4 is 4.74 Å².